The smallest absolute Gasteiger partial charge is 0.129 e. The number of hydrogen-bond donors (Lipinski definition) is 0. The van der Waals surface area contributed by atoms with Crippen molar-refractivity contribution in [2.75, 3.05) is 0 Å². The highest BCUT2D eigenvalue weighted by atomic mass is 28.3. The van der Waals surface area contributed by atoms with Crippen LogP contribution in [0.3, 0.4) is 0 Å². The van der Waals surface area contributed by atoms with Gasteiger partial charge in [-0.3, -0.25) is 0 Å². The van der Waals surface area contributed by atoms with Crippen molar-refractivity contribution in [1.29, 1.82) is 0 Å². The van der Waals surface area contributed by atoms with E-state index >= 15 is 0 Å². The van der Waals surface area contributed by atoms with Gasteiger partial charge in [0.2, 0.25) is 0 Å². The first kappa shape index (κ1) is 15.3. The normalized spacial score (nSPS) is 14.4. The third-order valence-corrected chi connectivity index (χ3v) is 3.26. The minimum absolute atomic E-state index is 0.0216. The summed E-state index contributed by atoms with van der Waals surface area (Å²) in [6.45, 7) is 17.2. The van der Waals surface area contributed by atoms with Crippen LogP contribution in [0.4, 0.5) is 0 Å². The summed E-state index contributed by atoms with van der Waals surface area (Å²) in [6.07, 6.45) is 6.43. The maximum atomic E-state index is 3.92. The molecule has 16 heavy (non-hydrogen) atoms. The Kier molecular flexibility index (Phi) is 5.82. The Labute approximate surface area is 103 Å². The molecule has 0 saturated heterocycles. The predicted molar refractivity (Wildman–Crippen MR) is 78.1 cm³/mol. The number of allylic oxidation sites excluding steroid dienone is 3. The summed E-state index contributed by atoms with van der Waals surface area (Å²) in [5.74, 6) is 3.42. The van der Waals surface area contributed by atoms with Gasteiger partial charge in [0.15, 0.2) is 0 Å². The summed E-state index contributed by atoms with van der Waals surface area (Å²) in [5, 5.41) is 0. The van der Waals surface area contributed by atoms with Gasteiger partial charge in [0, 0.05) is 5.41 Å². The maximum Gasteiger partial charge on any atom is 0.129 e. The zero-order valence-corrected chi connectivity index (χ0v) is 12.8. The predicted octanol–water partition coefficient (Wildman–Crippen LogP) is 4.81. The van der Waals surface area contributed by atoms with Crippen LogP contribution in [0.15, 0.2) is 24.3 Å². The van der Waals surface area contributed by atoms with Gasteiger partial charge in [0.1, 0.15) is 8.07 Å². The standard InChI is InChI=1S/C15H26Si/c1-8-15(4,11-9-10-14(2)3)12-13-16(5,6)7/h8,10H,1,9,11H2,2-7H3. The van der Waals surface area contributed by atoms with Crippen molar-refractivity contribution in [3.05, 3.63) is 24.3 Å². The van der Waals surface area contributed by atoms with Crippen LogP contribution in [0.2, 0.25) is 19.6 Å². The Bertz CT molecular complexity index is 316. The lowest BCUT2D eigenvalue weighted by atomic mass is 9.86. The van der Waals surface area contributed by atoms with Gasteiger partial charge in [-0.15, -0.1) is 12.1 Å². The molecule has 0 nitrogen and oxygen atoms in total. The molecule has 0 radical (unpaired) electrons. The van der Waals surface area contributed by atoms with Gasteiger partial charge in [-0.05, 0) is 33.6 Å². The summed E-state index contributed by atoms with van der Waals surface area (Å²) >= 11 is 0. The molecular weight excluding hydrogens is 208 g/mol. The Morgan fingerprint density at radius 1 is 1.31 bits per heavy atom. The van der Waals surface area contributed by atoms with E-state index in [0.717, 1.165) is 12.8 Å². The molecule has 0 aromatic rings. The molecule has 0 rings (SSSR count). The zero-order valence-electron chi connectivity index (χ0n) is 11.8. The molecule has 90 valence electrons. The van der Waals surface area contributed by atoms with Crippen LogP contribution in [0.25, 0.3) is 0 Å². The lowest BCUT2D eigenvalue weighted by Crippen LogP contribution is -2.19. The first-order chi connectivity index (χ1) is 7.18. The molecule has 0 fully saturated rings. The summed E-state index contributed by atoms with van der Waals surface area (Å²) < 4.78 is 0. The van der Waals surface area contributed by atoms with Gasteiger partial charge >= 0.3 is 0 Å². The van der Waals surface area contributed by atoms with Crippen molar-refractivity contribution in [3.8, 4) is 11.5 Å². The van der Waals surface area contributed by atoms with E-state index in [1.807, 2.05) is 6.08 Å². The van der Waals surface area contributed by atoms with Gasteiger partial charge in [-0.2, -0.15) is 0 Å². The molecule has 0 heterocycles. The van der Waals surface area contributed by atoms with Crippen LogP contribution in [-0.2, 0) is 0 Å². The number of rotatable bonds is 4. The molecule has 0 aromatic carbocycles. The van der Waals surface area contributed by atoms with Crippen LogP contribution in [0.5, 0.6) is 0 Å². The largest absolute Gasteiger partial charge is 0.131 e. The van der Waals surface area contributed by atoms with Crippen LogP contribution in [0, 0.1) is 16.9 Å². The Morgan fingerprint density at radius 2 is 1.88 bits per heavy atom. The fourth-order valence-corrected chi connectivity index (χ4v) is 1.87. The van der Waals surface area contributed by atoms with E-state index < -0.39 is 8.07 Å². The number of hydrogen-bond acceptors (Lipinski definition) is 0. The highest BCUT2D eigenvalue weighted by Gasteiger charge is 2.17. The second kappa shape index (κ2) is 6.11. The van der Waals surface area contributed by atoms with Gasteiger partial charge < -0.3 is 0 Å². The topological polar surface area (TPSA) is 0 Å². The summed E-state index contributed by atoms with van der Waals surface area (Å²) in [4.78, 5) is 0. The first-order valence-electron chi connectivity index (χ1n) is 6.00. The van der Waals surface area contributed by atoms with Crippen LogP contribution >= 0.6 is 0 Å². The molecule has 0 saturated carbocycles. The van der Waals surface area contributed by atoms with Crippen molar-refractivity contribution in [1.82, 2.24) is 0 Å². The molecule has 1 heteroatoms. The van der Waals surface area contributed by atoms with E-state index in [-0.39, 0.29) is 5.41 Å². The molecule has 1 unspecified atom stereocenters. The fraction of sp³-hybridized carbons (Fsp3) is 0.600. The van der Waals surface area contributed by atoms with Gasteiger partial charge in [-0.25, -0.2) is 0 Å². The van der Waals surface area contributed by atoms with Crippen molar-refractivity contribution in [2.24, 2.45) is 5.41 Å². The molecule has 0 bridgehead atoms. The average Bonchev–Trinajstić information content (AvgIpc) is 2.13. The molecule has 0 aliphatic heterocycles. The van der Waals surface area contributed by atoms with E-state index in [2.05, 4.69) is 64.5 Å². The van der Waals surface area contributed by atoms with E-state index in [0.29, 0.717) is 0 Å². The minimum Gasteiger partial charge on any atom is -0.131 e. The molecule has 0 N–H and O–H groups in total. The Hall–Kier alpha value is -0.743. The summed E-state index contributed by atoms with van der Waals surface area (Å²) in [5.41, 5.74) is 4.81. The third kappa shape index (κ3) is 7.54. The van der Waals surface area contributed by atoms with Crippen LogP contribution in [0.1, 0.15) is 33.6 Å². The third-order valence-electron chi connectivity index (χ3n) is 2.39. The fourth-order valence-electron chi connectivity index (χ4n) is 1.21. The highest BCUT2D eigenvalue weighted by Crippen LogP contribution is 2.24. The lowest BCUT2D eigenvalue weighted by molar-refractivity contribution is 0.528. The SMILES string of the molecule is C=CC(C)(C#C[Si](C)(C)C)CCC=C(C)C. The molecular formula is C15H26Si. The van der Waals surface area contributed by atoms with Crippen LogP contribution < -0.4 is 0 Å². The van der Waals surface area contributed by atoms with Crippen molar-refractivity contribution >= 4 is 8.07 Å². The quantitative estimate of drug-likeness (QED) is 0.372. The van der Waals surface area contributed by atoms with Gasteiger partial charge in [0.05, 0.1) is 0 Å². The van der Waals surface area contributed by atoms with Crippen molar-refractivity contribution in [2.45, 2.75) is 53.3 Å². The molecule has 0 aromatic heterocycles. The minimum atomic E-state index is -1.27. The second-order valence-corrected chi connectivity index (χ2v) is 10.7. The average molecular weight is 234 g/mol. The van der Waals surface area contributed by atoms with E-state index in [4.69, 9.17) is 0 Å². The van der Waals surface area contributed by atoms with Crippen molar-refractivity contribution < 1.29 is 0 Å². The van der Waals surface area contributed by atoms with Gasteiger partial charge in [-0.1, -0.05) is 43.3 Å². The summed E-state index contributed by atoms with van der Waals surface area (Å²) in [7, 11) is -1.27. The van der Waals surface area contributed by atoms with E-state index in [1.54, 1.807) is 0 Å². The zero-order chi connectivity index (χ0) is 12.8. The monoisotopic (exact) mass is 234 g/mol. The molecule has 0 aliphatic carbocycles. The Morgan fingerprint density at radius 3 is 2.25 bits per heavy atom. The molecule has 1 atom stereocenters. The Balaban J connectivity index is 4.59. The summed E-state index contributed by atoms with van der Waals surface area (Å²) in [6, 6.07) is 0. The van der Waals surface area contributed by atoms with Crippen molar-refractivity contribution in [3.63, 3.8) is 0 Å². The molecule has 0 amide bonds. The highest BCUT2D eigenvalue weighted by molar-refractivity contribution is 6.83. The molecule has 0 aliphatic rings. The van der Waals surface area contributed by atoms with E-state index in [9.17, 15) is 0 Å². The first-order valence-corrected chi connectivity index (χ1v) is 9.50. The maximum absolute atomic E-state index is 3.92. The molecule has 0 spiro atoms. The van der Waals surface area contributed by atoms with Crippen LogP contribution in [-0.4, -0.2) is 8.07 Å². The van der Waals surface area contributed by atoms with Gasteiger partial charge in [0.25, 0.3) is 0 Å². The lowest BCUT2D eigenvalue weighted by Gasteiger charge is -2.19. The van der Waals surface area contributed by atoms with E-state index in [1.165, 1.54) is 5.57 Å². The second-order valence-electron chi connectivity index (χ2n) is 5.94.